The molecular weight excluding hydrogens is 474 g/mol. The quantitative estimate of drug-likeness (QED) is 0.440. The first-order valence-corrected chi connectivity index (χ1v) is 10.4. The van der Waals surface area contributed by atoms with Crippen LogP contribution in [0.15, 0.2) is 46.7 Å². The third kappa shape index (κ3) is 2.47. The number of hydrogen-bond donors (Lipinski definition) is 2. The van der Waals surface area contributed by atoms with Gasteiger partial charge in [0.25, 0.3) is 0 Å². The Labute approximate surface area is 191 Å². The van der Waals surface area contributed by atoms with Crippen molar-refractivity contribution in [3.8, 4) is 11.5 Å². The van der Waals surface area contributed by atoms with Crippen LogP contribution >= 0.6 is 46.4 Å². The van der Waals surface area contributed by atoms with Crippen molar-refractivity contribution in [1.82, 2.24) is 0 Å². The number of fused-ring (bicyclic) bond motifs is 6. The zero-order valence-electron chi connectivity index (χ0n) is 15.2. The lowest BCUT2D eigenvalue weighted by atomic mass is 9.69. The van der Waals surface area contributed by atoms with Crippen LogP contribution in [0.5, 0.6) is 11.5 Å². The fourth-order valence-corrected chi connectivity index (χ4v) is 5.17. The van der Waals surface area contributed by atoms with Crippen LogP contribution in [0.4, 0.5) is 0 Å². The van der Waals surface area contributed by atoms with Crippen LogP contribution in [-0.4, -0.2) is 22.3 Å². The summed E-state index contributed by atoms with van der Waals surface area (Å²) >= 11 is 25.1. The number of hydrogen-bond acceptors (Lipinski definition) is 5. The highest BCUT2D eigenvalue weighted by molar-refractivity contribution is 6.42. The van der Waals surface area contributed by atoms with Crippen LogP contribution in [0.25, 0.3) is 0 Å². The Hall–Kier alpha value is -2.05. The van der Waals surface area contributed by atoms with Gasteiger partial charge in [-0.2, -0.15) is 0 Å². The van der Waals surface area contributed by atoms with Crippen LogP contribution in [0.3, 0.4) is 0 Å². The van der Waals surface area contributed by atoms with Crippen LogP contribution in [0.1, 0.15) is 28.4 Å². The zero-order valence-corrected chi connectivity index (χ0v) is 18.2. The summed E-state index contributed by atoms with van der Waals surface area (Å²) in [6, 6.07) is 5.84. The van der Waals surface area contributed by atoms with Gasteiger partial charge in [0.1, 0.15) is 28.4 Å². The van der Waals surface area contributed by atoms with Gasteiger partial charge in [-0.3, -0.25) is 0 Å². The van der Waals surface area contributed by atoms with Gasteiger partial charge in [-0.05, 0) is 30.7 Å². The highest BCUT2D eigenvalue weighted by atomic mass is 35.5. The van der Waals surface area contributed by atoms with E-state index in [-0.39, 0.29) is 42.9 Å². The molecule has 0 aromatic heterocycles. The average molecular weight is 486 g/mol. The molecule has 3 unspecified atom stereocenters. The topological polar surface area (TPSA) is 76.0 Å². The highest BCUT2D eigenvalue weighted by Gasteiger charge is 2.60. The van der Waals surface area contributed by atoms with Crippen molar-refractivity contribution < 1.29 is 24.5 Å². The molecule has 1 spiro atoms. The standard InChI is InChI=1S/C21H12Cl4O5/c1-7-2-11-19(17(25)18(7)27)29-16-6-15(26)14(24)5-10(16)21(11)9-4-13(23)12(22)3-8(9)20(28)30-21/h2-6,11,19,26-27H,1H3. The molecule has 9 heteroatoms. The summed E-state index contributed by atoms with van der Waals surface area (Å²) < 4.78 is 12.0. The number of phenolic OH excluding ortho intramolecular Hbond substituents is 1. The molecular formula is C21H12Cl4O5. The average Bonchev–Trinajstić information content (AvgIpc) is 2.96. The molecule has 3 aliphatic rings. The lowest BCUT2D eigenvalue weighted by Gasteiger charge is -2.46. The predicted octanol–water partition coefficient (Wildman–Crippen LogP) is 6.11. The van der Waals surface area contributed by atoms with E-state index in [0.29, 0.717) is 16.7 Å². The molecule has 0 bridgehead atoms. The van der Waals surface area contributed by atoms with E-state index in [4.69, 9.17) is 55.9 Å². The van der Waals surface area contributed by atoms with Gasteiger partial charge in [-0.15, -0.1) is 0 Å². The van der Waals surface area contributed by atoms with Crippen molar-refractivity contribution in [3.05, 3.63) is 78.5 Å². The number of benzene rings is 2. The van der Waals surface area contributed by atoms with Crippen molar-refractivity contribution in [2.45, 2.75) is 18.6 Å². The van der Waals surface area contributed by atoms with E-state index in [9.17, 15) is 15.0 Å². The van der Waals surface area contributed by atoms with Gasteiger partial charge in [0.05, 0.1) is 26.5 Å². The summed E-state index contributed by atoms with van der Waals surface area (Å²) in [7, 11) is 0. The number of carbonyl (C=O) groups excluding carboxylic acids is 1. The van der Waals surface area contributed by atoms with Gasteiger partial charge in [0.15, 0.2) is 5.60 Å². The van der Waals surface area contributed by atoms with Gasteiger partial charge in [-0.25, -0.2) is 4.79 Å². The second kappa shape index (κ2) is 6.47. The number of carbonyl (C=O) groups is 1. The molecule has 5 nitrogen and oxygen atoms in total. The number of halogens is 4. The molecule has 5 rings (SSSR count). The lowest BCUT2D eigenvalue weighted by molar-refractivity contribution is -0.0437. The first kappa shape index (κ1) is 19.9. The summed E-state index contributed by atoms with van der Waals surface area (Å²) in [5.74, 6) is -1.36. The number of phenols is 1. The third-order valence-corrected chi connectivity index (χ3v) is 7.13. The van der Waals surface area contributed by atoms with E-state index in [1.807, 2.05) is 0 Å². The van der Waals surface area contributed by atoms with Crippen LogP contribution in [0.2, 0.25) is 15.1 Å². The van der Waals surface area contributed by atoms with Gasteiger partial charge in [0.2, 0.25) is 0 Å². The zero-order chi connectivity index (χ0) is 21.5. The number of aliphatic hydroxyl groups is 1. The number of ether oxygens (including phenoxy) is 2. The van der Waals surface area contributed by atoms with E-state index in [2.05, 4.69) is 0 Å². The Morgan fingerprint density at radius 1 is 0.967 bits per heavy atom. The maximum Gasteiger partial charge on any atom is 0.339 e. The van der Waals surface area contributed by atoms with E-state index in [0.717, 1.165) is 0 Å². The van der Waals surface area contributed by atoms with Gasteiger partial charge in [0, 0.05) is 17.2 Å². The molecule has 2 aromatic rings. The van der Waals surface area contributed by atoms with Crippen LogP contribution in [-0.2, 0) is 10.3 Å². The second-order valence-electron chi connectivity index (χ2n) is 7.35. The molecule has 154 valence electrons. The number of aliphatic hydroxyl groups excluding tert-OH is 1. The monoisotopic (exact) mass is 484 g/mol. The Bertz CT molecular complexity index is 1220. The largest absolute Gasteiger partial charge is 0.506 e. The van der Waals surface area contributed by atoms with Gasteiger partial charge < -0.3 is 19.7 Å². The minimum atomic E-state index is -1.40. The maximum atomic E-state index is 12.9. The molecule has 2 heterocycles. The fraction of sp³-hybridized carbons (Fsp3) is 0.190. The van der Waals surface area contributed by atoms with Crippen LogP contribution in [0, 0.1) is 5.92 Å². The number of allylic oxidation sites excluding steroid dienone is 1. The smallest absolute Gasteiger partial charge is 0.339 e. The molecule has 0 fully saturated rings. The molecule has 2 N–H and O–H groups in total. The second-order valence-corrected chi connectivity index (χ2v) is 8.98. The summed E-state index contributed by atoms with van der Waals surface area (Å²) in [6.07, 6.45) is 0.858. The summed E-state index contributed by atoms with van der Waals surface area (Å²) in [5.41, 5.74) is 0.242. The maximum absolute atomic E-state index is 12.9. The van der Waals surface area contributed by atoms with Crippen molar-refractivity contribution in [2.75, 3.05) is 0 Å². The molecule has 30 heavy (non-hydrogen) atoms. The number of rotatable bonds is 0. The number of aromatic hydroxyl groups is 1. The molecule has 0 amide bonds. The predicted molar refractivity (Wildman–Crippen MR) is 113 cm³/mol. The summed E-state index contributed by atoms with van der Waals surface area (Å²) in [4.78, 5) is 12.9. The Balaban J connectivity index is 1.89. The van der Waals surface area contributed by atoms with Crippen molar-refractivity contribution in [3.63, 3.8) is 0 Å². The third-order valence-electron chi connectivity index (χ3n) is 5.71. The minimum Gasteiger partial charge on any atom is -0.506 e. The van der Waals surface area contributed by atoms with Crippen molar-refractivity contribution in [1.29, 1.82) is 0 Å². The van der Waals surface area contributed by atoms with Gasteiger partial charge in [-0.1, -0.05) is 52.5 Å². The molecule has 0 saturated heterocycles. The lowest BCUT2D eigenvalue weighted by Crippen LogP contribution is -2.50. The molecule has 2 aliphatic heterocycles. The Morgan fingerprint density at radius 3 is 2.37 bits per heavy atom. The van der Waals surface area contributed by atoms with E-state index in [1.54, 1.807) is 19.1 Å². The van der Waals surface area contributed by atoms with E-state index < -0.39 is 23.6 Å². The van der Waals surface area contributed by atoms with E-state index >= 15 is 0 Å². The molecule has 3 atom stereocenters. The molecule has 0 radical (unpaired) electrons. The first-order valence-electron chi connectivity index (χ1n) is 8.85. The Kier molecular flexibility index (Phi) is 4.29. The minimum absolute atomic E-state index is 0.0562. The fourth-order valence-electron chi connectivity index (χ4n) is 4.35. The van der Waals surface area contributed by atoms with Crippen molar-refractivity contribution in [2.24, 2.45) is 5.92 Å². The normalized spacial score (nSPS) is 26.6. The molecule has 0 saturated carbocycles. The summed E-state index contributed by atoms with van der Waals surface area (Å²) in [5, 5.41) is 21.1. The van der Waals surface area contributed by atoms with Crippen LogP contribution < -0.4 is 4.74 Å². The SMILES string of the molecule is CC1=CC2C(Oc3cc(O)c(Cl)cc3C23OC(=O)c2cc(Cl)c(Cl)cc23)C(Cl)=C1O. The summed E-state index contributed by atoms with van der Waals surface area (Å²) in [6.45, 7) is 1.69. The number of esters is 1. The van der Waals surface area contributed by atoms with Gasteiger partial charge >= 0.3 is 5.97 Å². The Morgan fingerprint density at radius 2 is 1.63 bits per heavy atom. The van der Waals surface area contributed by atoms with E-state index in [1.165, 1.54) is 18.2 Å². The molecule has 1 aliphatic carbocycles. The first-order chi connectivity index (χ1) is 14.1. The molecule has 2 aromatic carbocycles. The van der Waals surface area contributed by atoms with Crippen molar-refractivity contribution >= 4 is 52.4 Å². The highest BCUT2D eigenvalue weighted by Crippen LogP contribution is 2.59.